The molecule has 1 fully saturated rings. The summed E-state index contributed by atoms with van der Waals surface area (Å²) in [7, 11) is 2.10. The molecule has 5 nitrogen and oxygen atoms in total. The summed E-state index contributed by atoms with van der Waals surface area (Å²) in [5, 5.41) is 2.89. The van der Waals surface area contributed by atoms with Crippen LogP contribution in [0.3, 0.4) is 0 Å². The number of nitrogens with one attached hydrogen (secondary N) is 1. The van der Waals surface area contributed by atoms with Crippen molar-refractivity contribution in [3.8, 4) is 0 Å². The zero-order valence-corrected chi connectivity index (χ0v) is 10.9. The predicted molar refractivity (Wildman–Crippen MR) is 71.2 cm³/mol. The molecule has 98 valence electrons. The van der Waals surface area contributed by atoms with Crippen molar-refractivity contribution in [1.29, 1.82) is 0 Å². The lowest BCUT2D eigenvalue weighted by Crippen LogP contribution is -2.41. The summed E-state index contributed by atoms with van der Waals surface area (Å²) < 4.78 is 0. The van der Waals surface area contributed by atoms with E-state index in [1.807, 2.05) is 0 Å². The minimum Gasteiger partial charge on any atom is -0.384 e. The Hall–Kier alpha value is -1.62. The maximum absolute atomic E-state index is 11.9. The first-order valence-electron chi connectivity index (χ1n) is 6.30. The van der Waals surface area contributed by atoms with Gasteiger partial charge in [0.2, 0.25) is 0 Å². The van der Waals surface area contributed by atoms with Gasteiger partial charge in [-0.05, 0) is 38.9 Å². The van der Waals surface area contributed by atoms with Gasteiger partial charge < -0.3 is 11.1 Å². The topological polar surface area (TPSA) is 71.2 Å². The van der Waals surface area contributed by atoms with Crippen LogP contribution < -0.4 is 11.1 Å². The number of nitrogens with zero attached hydrogens (tertiary/aromatic N) is 2. The van der Waals surface area contributed by atoms with Crippen molar-refractivity contribution in [2.24, 2.45) is 0 Å². The van der Waals surface area contributed by atoms with Gasteiger partial charge in [-0.2, -0.15) is 0 Å². The number of nitrogens with two attached hydrogens (primary N) is 1. The summed E-state index contributed by atoms with van der Waals surface area (Å²) >= 11 is 0. The van der Waals surface area contributed by atoms with Crippen LogP contribution in [0.5, 0.6) is 0 Å². The Morgan fingerprint density at radius 3 is 2.94 bits per heavy atom. The summed E-state index contributed by atoms with van der Waals surface area (Å²) in [6.45, 7) is 2.74. The van der Waals surface area contributed by atoms with E-state index >= 15 is 0 Å². The van der Waals surface area contributed by atoms with E-state index in [1.165, 1.54) is 12.8 Å². The van der Waals surface area contributed by atoms with Gasteiger partial charge in [0, 0.05) is 18.6 Å². The highest BCUT2D eigenvalue weighted by Crippen LogP contribution is 2.26. The highest BCUT2D eigenvalue weighted by atomic mass is 16.1. The molecule has 1 heterocycles. The first-order chi connectivity index (χ1) is 8.58. The lowest BCUT2D eigenvalue weighted by atomic mass is 10.2. The second kappa shape index (κ2) is 5.35. The van der Waals surface area contributed by atoms with Gasteiger partial charge >= 0.3 is 0 Å². The fourth-order valence-electron chi connectivity index (χ4n) is 1.89. The van der Waals surface area contributed by atoms with Gasteiger partial charge in [0.15, 0.2) is 0 Å². The first-order valence-corrected chi connectivity index (χ1v) is 6.30. The smallest absolute Gasteiger partial charge is 0.270 e. The quantitative estimate of drug-likeness (QED) is 0.811. The molecule has 0 radical (unpaired) electrons. The summed E-state index contributed by atoms with van der Waals surface area (Å²) in [6, 6.07) is 6.10. The number of carbonyl (C=O) groups is 1. The number of pyridine rings is 1. The fraction of sp³-hybridized carbons (Fsp3) is 0.538. The molecule has 0 saturated heterocycles. The number of carbonyl (C=O) groups excluding carboxylic acids is 1. The number of hydrogen-bond acceptors (Lipinski definition) is 4. The molecule has 1 aromatic heterocycles. The molecule has 2 rings (SSSR count). The zero-order valence-electron chi connectivity index (χ0n) is 10.9. The average Bonchev–Trinajstić information content (AvgIpc) is 3.18. The Bertz CT molecular complexity index is 431. The minimum absolute atomic E-state index is 0.168. The second-order valence-electron chi connectivity index (χ2n) is 4.90. The molecule has 1 aliphatic rings. The number of hydrogen-bond donors (Lipinski definition) is 2. The maximum atomic E-state index is 11.9. The van der Waals surface area contributed by atoms with Gasteiger partial charge in [0.05, 0.1) is 0 Å². The van der Waals surface area contributed by atoms with Crippen LogP contribution in [-0.4, -0.2) is 41.5 Å². The van der Waals surface area contributed by atoms with Crippen LogP contribution in [-0.2, 0) is 0 Å². The van der Waals surface area contributed by atoms with Gasteiger partial charge in [-0.25, -0.2) is 4.98 Å². The summed E-state index contributed by atoms with van der Waals surface area (Å²) in [5.41, 5.74) is 5.92. The third-order valence-corrected chi connectivity index (χ3v) is 3.38. The molecule has 0 aromatic carbocycles. The van der Waals surface area contributed by atoms with Gasteiger partial charge in [0.1, 0.15) is 11.5 Å². The Labute approximate surface area is 107 Å². The molecule has 0 aliphatic heterocycles. The van der Waals surface area contributed by atoms with Crippen LogP contribution in [0.2, 0.25) is 0 Å². The monoisotopic (exact) mass is 248 g/mol. The molecule has 1 aromatic rings. The highest BCUT2D eigenvalue weighted by molar-refractivity contribution is 5.92. The molecule has 0 spiro atoms. The van der Waals surface area contributed by atoms with Crippen LogP contribution >= 0.6 is 0 Å². The molecule has 1 aliphatic carbocycles. The van der Waals surface area contributed by atoms with Crippen molar-refractivity contribution >= 4 is 11.7 Å². The van der Waals surface area contributed by atoms with Crippen LogP contribution in [0, 0.1) is 0 Å². The molecule has 3 N–H and O–H groups in total. The fourth-order valence-corrected chi connectivity index (χ4v) is 1.89. The number of amides is 1. The van der Waals surface area contributed by atoms with E-state index in [4.69, 9.17) is 5.73 Å². The molecule has 1 atom stereocenters. The minimum atomic E-state index is -0.168. The van der Waals surface area contributed by atoms with E-state index in [0.29, 0.717) is 30.1 Å². The summed E-state index contributed by atoms with van der Waals surface area (Å²) in [4.78, 5) is 18.2. The van der Waals surface area contributed by atoms with E-state index in [9.17, 15) is 4.79 Å². The molecular weight excluding hydrogens is 228 g/mol. The number of likely N-dealkylation sites (N-methyl/N-ethyl adjacent to an activating group) is 1. The molecule has 1 unspecified atom stereocenters. The van der Waals surface area contributed by atoms with E-state index in [1.54, 1.807) is 18.2 Å². The standard InChI is InChI=1S/C13H20N4O/c1-9(17(2)10-6-7-10)8-15-13(18)11-4-3-5-12(14)16-11/h3-5,9-10H,6-8H2,1-2H3,(H2,14,16)(H,15,18). The SMILES string of the molecule is CC(CNC(=O)c1cccc(N)n1)N(C)C1CC1. The van der Waals surface area contributed by atoms with Crippen molar-refractivity contribution in [2.75, 3.05) is 19.3 Å². The van der Waals surface area contributed by atoms with Crippen molar-refractivity contribution in [3.05, 3.63) is 23.9 Å². The molecular formula is C13H20N4O. The molecule has 5 heteroatoms. The van der Waals surface area contributed by atoms with Crippen LogP contribution in [0.25, 0.3) is 0 Å². The van der Waals surface area contributed by atoms with Gasteiger partial charge in [0.25, 0.3) is 5.91 Å². The number of nitrogen functional groups attached to an aromatic ring is 1. The first kappa shape index (κ1) is 12.8. The van der Waals surface area contributed by atoms with Crippen LogP contribution in [0.1, 0.15) is 30.3 Å². The number of rotatable bonds is 5. The van der Waals surface area contributed by atoms with Gasteiger partial charge in [-0.15, -0.1) is 0 Å². The van der Waals surface area contributed by atoms with Crippen molar-refractivity contribution in [2.45, 2.75) is 31.8 Å². The van der Waals surface area contributed by atoms with Crippen molar-refractivity contribution in [1.82, 2.24) is 15.2 Å². The normalized spacial score (nSPS) is 16.6. The maximum Gasteiger partial charge on any atom is 0.270 e. The van der Waals surface area contributed by atoms with E-state index in [-0.39, 0.29) is 5.91 Å². The number of anilines is 1. The third kappa shape index (κ3) is 3.20. The molecule has 1 amide bonds. The zero-order chi connectivity index (χ0) is 13.1. The van der Waals surface area contributed by atoms with Gasteiger partial charge in [-0.1, -0.05) is 6.07 Å². The lowest BCUT2D eigenvalue weighted by molar-refractivity contribution is 0.0934. The Morgan fingerprint density at radius 2 is 2.33 bits per heavy atom. The van der Waals surface area contributed by atoms with Crippen molar-refractivity contribution < 1.29 is 4.79 Å². The summed E-state index contributed by atoms with van der Waals surface area (Å²) in [5.74, 6) is 0.198. The van der Waals surface area contributed by atoms with E-state index < -0.39 is 0 Å². The molecule has 1 saturated carbocycles. The molecule has 18 heavy (non-hydrogen) atoms. The Balaban J connectivity index is 1.84. The third-order valence-electron chi connectivity index (χ3n) is 3.38. The molecule has 0 bridgehead atoms. The van der Waals surface area contributed by atoms with E-state index in [2.05, 4.69) is 29.2 Å². The Morgan fingerprint density at radius 1 is 1.61 bits per heavy atom. The van der Waals surface area contributed by atoms with Gasteiger partial charge in [-0.3, -0.25) is 9.69 Å². The Kier molecular flexibility index (Phi) is 3.81. The van der Waals surface area contributed by atoms with Crippen LogP contribution in [0.4, 0.5) is 5.82 Å². The summed E-state index contributed by atoms with van der Waals surface area (Å²) in [6.07, 6.45) is 2.54. The second-order valence-corrected chi connectivity index (χ2v) is 4.90. The lowest BCUT2D eigenvalue weighted by Gasteiger charge is -2.24. The number of aromatic nitrogens is 1. The average molecular weight is 248 g/mol. The van der Waals surface area contributed by atoms with E-state index in [0.717, 1.165) is 0 Å². The highest BCUT2D eigenvalue weighted by Gasteiger charge is 2.29. The predicted octanol–water partition coefficient (Wildman–Crippen LogP) is 0.876. The van der Waals surface area contributed by atoms with Crippen LogP contribution in [0.15, 0.2) is 18.2 Å². The van der Waals surface area contributed by atoms with Crippen molar-refractivity contribution in [3.63, 3.8) is 0 Å². The largest absolute Gasteiger partial charge is 0.384 e.